The summed E-state index contributed by atoms with van der Waals surface area (Å²) < 4.78 is 18.1. The van der Waals surface area contributed by atoms with Crippen LogP contribution in [0.2, 0.25) is 0 Å². The van der Waals surface area contributed by atoms with Crippen LogP contribution in [-0.4, -0.2) is 17.6 Å². The standard InChI is InChI=1S/C22H25FN2O2/c23-18-8-3-15(4-9-18)2-1-13-24-19-10-5-16(6-11-19)17-7-12-20-21(14-17)27-22(26)25-20/h3-4,7-9,12,14,16,19,24H,1-2,5-6,10-11,13H2,(H,25,26)/t16-,19+. The zero-order valence-electron chi connectivity index (χ0n) is 15.3. The first-order chi connectivity index (χ1) is 13.2. The number of hydrogen-bond donors (Lipinski definition) is 2. The van der Waals surface area contributed by atoms with Gasteiger partial charge in [-0.1, -0.05) is 18.2 Å². The Morgan fingerprint density at radius 1 is 1.07 bits per heavy atom. The molecule has 0 unspecified atom stereocenters. The maximum Gasteiger partial charge on any atom is 0.417 e. The summed E-state index contributed by atoms with van der Waals surface area (Å²) in [4.78, 5) is 14.0. The van der Waals surface area contributed by atoms with Crippen molar-refractivity contribution in [1.82, 2.24) is 10.3 Å². The zero-order chi connectivity index (χ0) is 18.6. The summed E-state index contributed by atoms with van der Waals surface area (Å²) in [6, 6.07) is 13.4. The van der Waals surface area contributed by atoms with Crippen LogP contribution in [0.5, 0.6) is 0 Å². The molecule has 142 valence electrons. The third-order valence-electron chi connectivity index (χ3n) is 5.63. The number of hydrogen-bond acceptors (Lipinski definition) is 3. The maximum absolute atomic E-state index is 12.9. The lowest BCUT2D eigenvalue weighted by atomic mass is 9.81. The minimum absolute atomic E-state index is 0.175. The lowest BCUT2D eigenvalue weighted by Crippen LogP contribution is -2.33. The molecule has 1 aliphatic carbocycles. The molecule has 4 nitrogen and oxygen atoms in total. The minimum atomic E-state index is -0.393. The highest BCUT2D eigenvalue weighted by atomic mass is 19.1. The first kappa shape index (κ1) is 18.0. The average molecular weight is 368 g/mol. The van der Waals surface area contributed by atoms with Crippen LogP contribution < -0.4 is 11.1 Å². The third kappa shape index (κ3) is 4.48. The Balaban J connectivity index is 1.22. The Morgan fingerprint density at radius 2 is 1.85 bits per heavy atom. The first-order valence-electron chi connectivity index (χ1n) is 9.78. The van der Waals surface area contributed by atoms with Gasteiger partial charge in [0.25, 0.3) is 0 Å². The van der Waals surface area contributed by atoms with E-state index in [1.54, 1.807) is 0 Å². The van der Waals surface area contributed by atoms with Crippen molar-refractivity contribution >= 4 is 11.1 Å². The van der Waals surface area contributed by atoms with Crippen molar-refractivity contribution in [2.45, 2.75) is 50.5 Å². The van der Waals surface area contributed by atoms with Crippen molar-refractivity contribution < 1.29 is 8.81 Å². The highest BCUT2D eigenvalue weighted by molar-refractivity contribution is 5.72. The van der Waals surface area contributed by atoms with Crippen molar-refractivity contribution in [3.05, 3.63) is 70.0 Å². The molecule has 1 aliphatic rings. The van der Waals surface area contributed by atoms with Crippen LogP contribution in [-0.2, 0) is 6.42 Å². The Bertz CT molecular complexity index is 937. The van der Waals surface area contributed by atoms with Crippen molar-refractivity contribution in [2.75, 3.05) is 6.54 Å². The summed E-state index contributed by atoms with van der Waals surface area (Å²) in [6.45, 7) is 0.993. The van der Waals surface area contributed by atoms with Crippen molar-refractivity contribution in [3.8, 4) is 0 Å². The Morgan fingerprint density at radius 3 is 2.63 bits per heavy atom. The Kier molecular flexibility index (Phi) is 5.39. The van der Waals surface area contributed by atoms with Crippen LogP contribution in [0.1, 0.15) is 49.1 Å². The van der Waals surface area contributed by atoms with E-state index >= 15 is 0 Å². The van der Waals surface area contributed by atoms with Gasteiger partial charge in [0.15, 0.2) is 5.58 Å². The van der Waals surface area contributed by atoms with Gasteiger partial charge >= 0.3 is 5.76 Å². The molecular weight excluding hydrogens is 343 g/mol. The molecule has 0 aliphatic heterocycles. The second-order valence-electron chi connectivity index (χ2n) is 7.50. The number of aromatic nitrogens is 1. The van der Waals surface area contributed by atoms with E-state index in [9.17, 15) is 9.18 Å². The summed E-state index contributed by atoms with van der Waals surface area (Å²) in [7, 11) is 0. The Labute approximate surface area is 157 Å². The molecule has 1 heterocycles. The quantitative estimate of drug-likeness (QED) is 0.630. The molecule has 0 bridgehead atoms. The molecule has 0 radical (unpaired) electrons. The molecule has 1 fully saturated rings. The molecule has 0 amide bonds. The molecular formula is C22H25FN2O2. The summed E-state index contributed by atoms with van der Waals surface area (Å²) >= 11 is 0. The van der Waals surface area contributed by atoms with Crippen LogP contribution >= 0.6 is 0 Å². The van der Waals surface area contributed by atoms with Gasteiger partial charge in [-0.2, -0.15) is 0 Å². The Hall–Kier alpha value is -2.40. The number of aryl methyl sites for hydroxylation is 1. The highest BCUT2D eigenvalue weighted by Gasteiger charge is 2.22. The number of nitrogens with one attached hydrogen (secondary N) is 2. The van der Waals surface area contributed by atoms with Crippen LogP contribution in [0.25, 0.3) is 11.1 Å². The minimum Gasteiger partial charge on any atom is -0.408 e. The lowest BCUT2D eigenvalue weighted by molar-refractivity contribution is 0.342. The van der Waals surface area contributed by atoms with Gasteiger partial charge in [0.05, 0.1) is 5.52 Å². The normalized spacial score (nSPS) is 20.2. The molecule has 0 atom stereocenters. The van der Waals surface area contributed by atoms with Gasteiger partial charge < -0.3 is 9.73 Å². The van der Waals surface area contributed by atoms with Gasteiger partial charge in [-0.15, -0.1) is 0 Å². The monoisotopic (exact) mass is 368 g/mol. The van der Waals surface area contributed by atoms with Gasteiger partial charge in [0, 0.05) is 6.04 Å². The van der Waals surface area contributed by atoms with E-state index in [-0.39, 0.29) is 5.82 Å². The van der Waals surface area contributed by atoms with Crippen LogP contribution in [0, 0.1) is 5.82 Å². The number of oxazole rings is 1. The molecule has 0 saturated heterocycles. The van der Waals surface area contributed by atoms with Crippen molar-refractivity contribution in [1.29, 1.82) is 0 Å². The summed E-state index contributed by atoms with van der Waals surface area (Å²) in [5.74, 6) is -0.0333. The van der Waals surface area contributed by atoms with Gasteiger partial charge in [0.2, 0.25) is 0 Å². The SMILES string of the molecule is O=c1[nH]c2ccc([C@H]3CC[C@@H](NCCCc4ccc(F)cc4)CC3)cc2o1. The van der Waals surface area contributed by atoms with E-state index in [2.05, 4.69) is 16.4 Å². The largest absolute Gasteiger partial charge is 0.417 e. The molecule has 0 spiro atoms. The van der Waals surface area contributed by atoms with E-state index in [0.717, 1.165) is 50.6 Å². The molecule has 27 heavy (non-hydrogen) atoms. The number of benzene rings is 2. The predicted molar refractivity (Wildman–Crippen MR) is 105 cm³/mol. The highest BCUT2D eigenvalue weighted by Crippen LogP contribution is 2.33. The van der Waals surface area contributed by atoms with Gasteiger partial charge in [-0.3, -0.25) is 4.98 Å². The topological polar surface area (TPSA) is 58.0 Å². The summed E-state index contributed by atoms with van der Waals surface area (Å²) in [6.07, 6.45) is 6.66. The average Bonchev–Trinajstić information content (AvgIpc) is 3.06. The van der Waals surface area contributed by atoms with Gasteiger partial charge in [-0.25, -0.2) is 9.18 Å². The van der Waals surface area contributed by atoms with E-state index < -0.39 is 5.76 Å². The van der Waals surface area contributed by atoms with Gasteiger partial charge in [-0.05, 0) is 86.4 Å². The van der Waals surface area contributed by atoms with Crippen LogP contribution in [0.15, 0.2) is 51.7 Å². The predicted octanol–water partition coefficient (Wildman–Crippen LogP) is 4.51. The summed E-state index contributed by atoms with van der Waals surface area (Å²) in [5.41, 5.74) is 3.87. The molecule has 4 rings (SSSR count). The first-order valence-corrected chi connectivity index (χ1v) is 9.78. The fraction of sp³-hybridized carbons (Fsp3) is 0.409. The fourth-order valence-electron chi connectivity index (χ4n) is 4.10. The van der Waals surface area contributed by atoms with E-state index in [1.165, 1.54) is 23.3 Å². The smallest absolute Gasteiger partial charge is 0.408 e. The fourth-order valence-corrected chi connectivity index (χ4v) is 4.10. The second kappa shape index (κ2) is 8.09. The van der Waals surface area contributed by atoms with Crippen LogP contribution in [0.3, 0.4) is 0 Å². The summed E-state index contributed by atoms with van der Waals surface area (Å²) in [5, 5.41) is 3.67. The lowest BCUT2D eigenvalue weighted by Gasteiger charge is -2.29. The van der Waals surface area contributed by atoms with Crippen molar-refractivity contribution in [3.63, 3.8) is 0 Å². The number of aromatic amines is 1. The molecule has 3 aromatic rings. The van der Waals surface area contributed by atoms with E-state index in [1.807, 2.05) is 24.3 Å². The van der Waals surface area contributed by atoms with Crippen molar-refractivity contribution in [2.24, 2.45) is 0 Å². The van der Waals surface area contributed by atoms with E-state index in [4.69, 9.17) is 4.42 Å². The molecule has 1 saturated carbocycles. The van der Waals surface area contributed by atoms with E-state index in [0.29, 0.717) is 17.5 Å². The molecule has 2 aromatic carbocycles. The maximum atomic E-state index is 12.9. The molecule has 1 aromatic heterocycles. The number of H-pyrrole nitrogens is 1. The third-order valence-corrected chi connectivity index (χ3v) is 5.63. The second-order valence-corrected chi connectivity index (χ2v) is 7.50. The number of halogens is 1. The number of rotatable bonds is 6. The van der Waals surface area contributed by atoms with Gasteiger partial charge in [0.1, 0.15) is 5.82 Å². The number of fused-ring (bicyclic) bond motifs is 1. The van der Waals surface area contributed by atoms with Crippen LogP contribution in [0.4, 0.5) is 4.39 Å². The zero-order valence-corrected chi connectivity index (χ0v) is 15.3. The molecule has 5 heteroatoms. The molecule has 2 N–H and O–H groups in total.